The lowest BCUT2D eigenvalue weighted by atomic mass is 10.2. The van der Waals surface area contributed by atoms with Crippen LogP contribution in [0.5, 0.6) is 0 Å². The van der Waals surface area contributed by atoms with Gasteiger partial charge in [0.15, 0.2) is 0 Å². The van der Waals surface area contributed by atoms with E-state index >= 15 is 0 Å². The molecule has 0 aliphatic carbocycles. The lowest BCUT2D eigenvalue weighted by molar-refractivity contribution is -0.0409. The van der Waals surface area contributed by atoms with Gasteiger partial charge in [0.05, 0.1) is 11.9 Å². The Morgan fingerprint density at radius 2 is 2.33 bits per heavy atom. The van der Waals surface area contributed by atoms with E-state index < -0.39 is 10.1 Å². The van der Waals surface area contributed by atoms with Crippen molar-refractivity contribution in [3.05, 3.63) is 17.5 Å². The van der Waals surface area contributed by atoms with Gasteiger partial charge in [0.2, 0.25) is 0 Å². The monoisotopic (exact) mass is 274 g/mol. The van der Waals surface area contributed by atoms with Crippen molar-refractivity contribution in [2.45, 2.75) is 39.0 Å². The summed E-state index contributed by atoms with van der Waals surface area (Å²) in [6, 6.07) is 1.82. The molecule has 1 saturated heterocycles. The molecule has 1 aliphatic rings. The number of ether oxygens (including phenoxy) is 1. The van der Waals surface area contributed by atoms with Crippen LogP contribution in [0.4, 0.5) is 0 Å². The van der Waals surface area contributed by atoms with Gasteiger partial charge in [-0.25, -0.2) is 4.68 Å². The maximum absolute atomic E-state index is 10.9. The van der Waals surface area contributed by atoms with Crippen molar-refractivity contribution < 1.29 is 17.3 Å². The summed E-state index contributed by atoms with van der Waals surface area (Å²) in [5.41, 5.74) is 1.56. The Hall–Kier alpha value is -0.920. The number of hydrogen-bond donors (Lipinski definition) is 0. The van der Waals surface area contributed by atoms with E-state index in [2.05, 4.69) is 5.10 Å². The summed E-state index contributed by atoms with van der Waals surface area (Å²) in [4.78, 5) is 0. The molecule has 0 saturated carbocycles. The summed E-state index contributed by atoms with van der Waals surface area (Å²) < 4.78 is 34.0. The van der Waals surface area contributed by atoms with Crippen molar-refractivity contribution in [1.29, 1.82) is 0 Å². The van der Waals surface area contributed by atoms with Crippen LogP contribution in [-0.2, 0) is 25.6 Å². The van der Waals surface area contributed by atoms with Crippen LogP contribution >= 0.6 is 0 Å². The molecule has 2 rings (SSSR count). The van der Waals surface area contributed by atoms with Crippen LogP contribution in [0.2, 0.25) is 0 Å². The molecule has 6 nitrogen and oxygen atoms in total. The second-order valence-electron chi connectivity index (χ2n) is 4.51. The molecule has 1 unspecified atom stereocenters. The van der Waals surface area contributed by atoms with Crippen molar-refractivity contribution in [2.75, 3.05) is 12.9 Å². The van der Waals surface area contributed by atoms with Crippen LogP contribution in [0.3, 0.4) is 0 Å². The molecule has 7 heteroatoms. The zero-order valence-corrected chi connectivity index (χ0v) is 11.4. The summed E-state index contributed by atoms with van der Waals surface area (Å²) in [6.07, 6.45) is 4.14. The van der Waals surface area contributed by atoms with Crippen molar-refractivity contribution in [3.63, 3.8) is 0 Å². The number of nitrogens with zero attached hydrogens (tertiary/aromatic N) is 2. The van der Waals surface area contributed by atoms with Gasteiger partial charge < -0.3 is 4.74 Å². The van der Waals surface area contributed by atoms with Crippen LogP contribution < -0.4 is 0 Å². The van der Waals surface area contributed by atoms with Gasteiger partial charge in [-0.3, -0.25) is 4.18 Å². The Bertz CT molecular complexity index is 503. The van der Waals surface area contributed by atoms with E-state index in [1.165, 1.54) is 0 Å². The van der Waals surface area contributed by atoms with Gasteiger partial charge in [-0.2, -0.15) is 13.5 Å². The smallest absolute Gasteiger partial charge is 0.264 e. The molecule has 0 amide bonds. The first-order valence-electron chi connectivity index (χ1n) is 5.97. The summed E-state index contributed by atoms with van der Waals surface area (Å²) in [7, 11) is -3.43. The zero-order chi connectivity index (χ0) is 13.2. The highest BCUT2D eigenvalue weighted by Gasteiger charge is 2.19. The first kappa shape index (κ1) is 13.5. The third-order valence-corrected chi connectivity index (χ3v) is 3.37. The summed E-state index contributed by atoms with van der Waals surface area (Å²) in [6.45, 7) is 2.65. The van der Waals surface area contributed by atoms with E-state index in [0.29, 0.717) is 5.69 Å². The Balaban J connectivity index is 2.06. The van der Waals surface area contributed by atoms with Crippen molar-refractivity contribution in [1.82, 2.24) is 9.78 Å². The fraction of sp³-hybridized carbons (Fsp3) is 0.727. The molecule has 1 aromatic heterocycles. The predicted octanol–water partition coefficient (Wildman–Crippen LogP) is 1.37. The van der Waals surface area contributed by atoms with Crippen molar-refractivity contribution in [3.8, 4) is 0 Å². The minimum absolute atomic E-state index is 0.0284. The maximum Gasteiger partial charge on any atom is 0.264 e. The number of hydrogen-bond acceptors (Lipinski definition) is 5. The molecule has 0 radical (unpaired) electrons. The fourth-order valence-electron chi connectivity index (χ4n) is 2.00. The predicted molar refractivity (Wildman–Crippen MR) is 65.4 cm³/mol. The highest BCUT2D eigenvalue weighted by Crippen LogP contribution is 2.23. The topological polar surface area (TPSA) is 70.4 Å². The molecule has 1 fully saturated rings. The van der Waals surface area contributed by atoms with Gasteiger partial charge in [-0.1, -0.05) is 0 Å². The molecule has 102 valence electrons. The summed E-state index contributed by atoms with van der Waals surface area (Å²) in [5, 5.41) is 4.34. The van der Waals surface area contributed by atoms with Gasteiger partial charge in [0, 0.05) is 12.3 Å². The summed E-state index contributed by atoms with van der Waals surface area (Å²) in [5.74, 6) is 0. The molecule has 18 heavy (non-hydrogen) atoms. The highest BCUT2D eigenvalue weighted by molar-refractivity contribution is 7.85. The third kappa shape index (κ3) is 3.54. The average Bonchev–Trinajstić information content (AvgIpc) is 2.68. The molecule has 0 N–H and O–H groups in total. The Morgan fingerprint density at radius 3 is 2.94 bits per heavy atom. The van der Waals surface area contributed by atoms with E-state index in [4.69, 9.17) is 8.92 Å². The Labute approximate surface area is 107 Å². The van der Waals surface area contributed by atoms with Crippen LogP contribution in [0.15, 0.2) is 6.07 Å². The molecular weight excluding hydrogens is 256 g/mol. The maximum atomic E-state index is 10.9. The molecule has 1 atom stereocenters. The minimum Gasteiger partial charge on any atom is -0.357 e. The first-order chi connectivity index (χ1) is 8.46. The highest BCUT2D eigenvalue weighted by atomic mass is 32.2. The second-order valence-corrected chi connectivity index (χ2v) is 6.15. The minimum atomic E-state index is -3.43. The van der Waals surface area contributed by atoms with E-state index in [1.807, 2.05) is 13.0 Å². The summed E-state index contributed by atoms with van der Waals surface area (Å²) >= 11 is 0. The average molecular weight is 274 g/mol. The molecule has 0 spiro atoms. The normalized spacial score (nSPS) is 21.1. The van der Waals surface area contributed by atoms with Crippen molar-refractivity contribution >= 4 is 10.1 Å². The standard InChI is InChI=1S/C11H18N2O4S/c1-9-7-10(8-17-18(2,14)15)12-13(9)11-5-3-4-6-16-11/h7,11H,3-6,8H2,1-2H3. The van der Waals surface area contributed by atoms with E-state index in [1.54, 1.807) is 4.68 Å². The number of aryl methyl sites for hydroxylation is 1. The lowest BCUT2D eigenvalue weighted by Gasteiger charge is -2.23. The molecule has 0 bridgehead atoms. The lowest BCUT2D eigenvalue weighted by Crippen LogP contribution is -2.20. The van der Waals surface area contributed by atoms with Crippen LogP contribution in [0.1, 0.15) is 36.9 Å². The quantitative estimate of drug-likeness (QED) is 0.775. The Morgan fingerprint density at radius 1 is 1.56 bits per heavy atom. The van der Waals surface area contributed by atoms with Gasteiger partial charge >= 0.3 is 0 Å². The Kier molecular flexibility index (Phi) is 4.04. The van der Waals surface area contributed by atoms with Crippen molar-refractivity contribution in [2.24, 2.45) is 0 Å². The molecule has 0 aromatic carbocycles. The second kappa shape index (κ2) is 5.38. The van der Waals surface area contributed by atoms with Gasteiger partial charge in [-0.15, -0.1) is 0 Å². The van der Waals surface area contributed by atoms with Gasteiger partial charge in [0.25, 0.3) is 10.1 Å². The third-order valence-electron chi connectivity index (χ3n) is 2.82. The fourth-order valence-corrected chi connectivity index (χ4v) is 2.33. The molecule has 1 aromatic rings. The van der Waals surface area contributed by atoms with E-state index in [-0.39, 0.29) is 12.8 Å². The van der Waals surface area contributed by atoms with Gasteiger partial charge in [-0.05, 0) is 32.3 Å². The first-order valence-corrected chi connectivity index (χ1v) is 7.78. The molecule has 1 aliphatic heterocycles. The molecular formula is C11H18N2O4S. The SMILES string of the molecule is Cc1cc(COS(C)(=O)=O)nn1C1CCCCO1. The van der Waals surface area contributed by atoms with Crippen LogP contribution in [0.25, 0.3) is 0 Å². The number of aromatic nitrogens is 2. The number of rotatable bonds is 4. The molecule has 2 heterocycles. The van der Waals surface area contributed by atoms with Crippen LogP contribution in [0, 0.1) is 6.92 Å². The van der Waals surface area contributed by atoms with Gasteiger partial charge in [0.1, 0.15) is 12.8 Å². The van der Waals surface area contributed by atoms with E-state index in [0.717, 1.165) is 37.8 Å². The van der Waals surface area contributed by atoms with E-state index in [9.17, 15) is 8.42 Å². The zero-order valence-electron chi connectivity index (χ0n) is 10.6. The largest absolute Gasteiger partial charge is 0.357 e. The van der Waals surface area contributed by atoms with Crippen LogP contribution in [-0.4, -0.2) is 31.1 Å².